The first-order valence-corrected chi connectivity index (χ1v) is 12.3. The maximum Gasteiger partial charge on any atom is 0.221 e. The summed E-state index contributed by atoms with van der Waals surface area (Å²) in [6, 6.07) is 25.4. The first-order chi connectivity index (χ1) is 17.9. The molecule has 3 aromatic carbocycles. The van der Waals surface area contributed by atoms with Gasteiger partial charge >= 0.3 is 0 Å². The Kier molecular flexibility index (Phi) is 8.36. The van der Waals surface area contributed by atoms with Gasteiger partial charge in [0.05, 0.1) is 12.3 Å². The second-order valence-corrected chi connectivity index (χ2v) is 8.60. The molecule has 0 radical (unpaired) electrons. The largest absolute Gasteiger partial charge is 0.494 e. The lowest BCUT2D eigenvalue weighted by Gasteiger charge is -2.15. The molecule has 4 aromatic rings. The molecule has 0 unspecified atom stereocenters. The van der Waals surface area contributed by atoms with Gasteiger partial charge < -0.3 is 19.9 Å². The molecule has 0 aliphatic rings. The van der Waals surface area contributed by atoms with Crippen molar-refractivity contribution in [3.63, 3.8) is 0 Å². The van der Waals surface area contributed by atoms with Gasteiger partial charge in [-0.15, -0.1) is 0 Å². The molecule has 37 heavy (non-hydrogen) atoms. The normalized spacial score (nSPS) is 10.7. The summed E-state index contributed by atoms with van der Waals surface area (Å²) in [5, 5.41) is 5.76. The fourth-order valence-corrected chi connectivity index (χ4v) is 4.19. The summed E-state index contributed by atoms with van der Waals surface area (Å²) < 4.78 is 21.3. The average molecular weight is 500 g/mol. The van der Waals surface area contributed by atoms with E-state index in [0.717, 1.165) is 34.0 Å². The molecule has 0 saturated heterocycles. The first-order valence-electron chi connectivity index (χ1n) is 12.3. The zero-order chi connectivity index (χ0) is 26.2. The van der Waals surface area contributed by atoms with Crippen molar-refractivity contribution >= 4 is 17.5 Å². The third-order valence-corrected chi connectivity index (χ3v) is 5.90. The monoisotopic (exact) mass is 499 g/mol. The van der Waals surface area contributed by atoms with Crippen molar-refractivity contribution < 1.29 is 18.7 Å². The molecule has 0 fully saturated rings. The summed E-state index contributed by atoms with van der Waals surface area (Å²) >= 11 is 0. The lowest BCUT2D eigenvalue weighted by atomic mass is 10.1. The summed E-state index contributed by atoms with van der Waals surface area (Å²) in [6.07, 6.45) is 0.807. The quantitative estimate of drug-likeness (QED) is 0.286. The van der Waals surface area contributed by atoms with Crippen molar-refractivity contribution in [3.8, 4) is 22.7 Å². The van der Waals surface area contributed by atoms with Gasteiger partial charge in [-0.2, -0.15) is 0 Å². The molecule has 1 heterocycles. The molecular formula is C30H30FN3O3. The van der Waals surface area contributed by atoms with E-state index in [2.05, 4.69) is 15.2 Å². The smallest absolute Gasteiger partial charge is 0.221 e. The Labute approximate surface area is 216 Å². The highest BCUT2D eigenvalue weighted by molar-refractivity contribution is 5.88. The van der Waals surface area contributed by atoms with Crippen LogP contribution in [0.3, 0.4) is 0 Å². The second kappa shape index (κ2) is 12.0. The molecule has 0 bridgehead atoms. The van der Waals surface area contributed by atoms with Gasteiger partial charge in [0, 0.05) is 42.5 Å². The number of amides is 2. The Morgan fingerprint density at radius 2 is 1.65 bits per heavy atom. The lowest BCUT2D eigenvalue weighted by Crippen LogP contribution is -2.23. The average Bonchev–Trinajstić information content (AvgIpc) is 3.31. The highest BCUT2D eigenvalue weighted by Crippen LogP contribution is 2.28. The van der Waals surface area contributed by atoms with E-state index in [1.807, 2.05) is 67.6 Å². The number of para-hydroxylation sites is 1. The zero-order valence-corrected chi connectivity index (χ0v) is 21.0. The molecule has 0 atom stereocenters. The van der Waals surface area contributed by atoms with Crippen molar-refractivity contribution in [1.29, 1.82) is 0 Å². The number of hydrogen-bond acceptors (Lipinski definition) is 3. The minimum atomic E-state index is -0.302. The minimum absolute atomic E-state index is 0.0663. The Bertz CT molecular complexity index is 1360. The fourth-order valence-electron chi connectivity index (χ4n) is 4.19. The third-order valence-electron chi connectivity index (χ3n) is 5.90. The van der Waals surface area contributed by atoms with E-state index in [9.17, 15) is 14.0 Å². The first kappa shape index (κ1) is 25.7. The van der Waals surface area contributed by atoms with Crippen LogP contribution in [0.4, 0.5) is 10.1 Å². The maximum atomic E-state index is 13.6. The number of carbonyl (C=O) groups excluding carboxylic acids is 2. The van der Waals surface area contributed by atoms with Gasteiger partial charge in [-0.05, 0) is 85.6 Å². The highest BCUT2D eigenvalue weighted by Gasteiger charge is 2.14. The van der Waals surface area contributed by atoms with Gasteiger partial charge in [-0.1, -0.05) is 18.2 Å². The number of halogens is 1. The van der Waals surface area contributed by atoms with Crippen LogP contribution in [0.5, 0.6) is 5.75 Å². The van der Waals surface area contributed by atoms with Crippen molar-refractivity contribution in [2.75, 3.05) is 11.9 Å². The molecule has 1 aromatic heterocycles. The van der Waals surface area contributed by atoms with Crippen LogP contribution in [-0.2, 0) is 22.6 Å². The molecule has 2 N–H and O–H groups in total. The number of rotatable bonds is 10. The molecule has 0 aliphatic heterocycles. The molecule has 0 aliphatic carbocycles. The van der Waals surface area contributed by atoms with Crippen molar-refractivity contribution in [3.05, 3.63) is 102 Å². The Balaban J connectivity index is 1.53. The van der Waals surface area contributed by atoms with E-state index in [0.29, 0.717) is 31.7 Å². The molecule has 190 valence electrons. The Morgan fingerprint density at radius 3 is 2.35 bits per heavy atom. The predicted molar refractivity (Wildman–Crippen MR) is 143 cm³/mol. The van der Waals surface area contributed by atoms with E-state index in [4.69, 9.17) is 4.74 Å². The van der Waals surface area contributed by atoms with Crippen LogP contribution in [0, 0.1) is 5.82 Å². The van der Waals surface area contributed by atoms with Crippen LogP contribution in [0.25, 0.3) is 16.9 Å². The molecular weight excluding hydrogens is 469 g/mol. The lowest BCUT2D eigenvalue weighted by molar-refractivity contribution is -0.121. The summed E-state index contributed by atoms with van der Waals surface area (Å²) in [4.78, 5) is 24.1. The van der Waals surface area contributed by atoms with Gasteiger partial charge in [0.1, 0.15) is 11.6 Å². The molecule has 4 rings (SSSR count). The number of anilines is 1. The maximum absolute atomic E-state index is 13.6. The summed E-state index contributed by atoms with van der Waals surface area (Å²) in [5.41, 5.74) is 5.18. The van der Waals surface area contributed by atoms with Crippen LogP contribution < -0.4 is 15.4 Å². The van der Waals surface area contributed by atoms with E-state index in [1.54, 1.807) is 12.1 Å². The standard InChI is InChI=1S/C30H30FN3O3/c1-3-37-29-7-5-4-6-23(29)20-32-30(36)19-17-27-16-18-28(22-8-10-24(31)11-9-22)34(27)26-14-12-25(13-15-26)33-21(2)35/h4-16,18H,3,17,19-20H2,1-2H3,(H,32,36)(H,33,35). The number of aromatic nitrogens is 1. The van der Waals surface area contributed by atoms with Gasteiger partial charge in [0.2, 0.25) is 11.8 Å². The molecule has 0 spiro atoms. The van der Waals surface area contributed by atoms with Gasteiger partial charge in [0.25, 0.3) is 0 Å². The number of nitrogens with one attached hydrogen (secondary N) is 2. The number of ether oxygens (including phenoxy) is 1. The van der Waals surface area contributed by atoms with E-state index in [-0.39, 0.29) is 17.6 Å². The Morgan fingerprint density at radius 1 is 0.919 bits per heavy atom. The van der Waals surface area contributed by atoms with E-state index < -0.39 is 0 Å². The second-order valence-electron chi connectivity index (χ2n) is 8.60. The molecule has 0 saturated carbocycles. The summed E-state index contributed by atoms with van der Waals surface area (Å²) in [6.45, 7) is 4.34. The predicted octanol–water partition coefficient (Wildman–Crippen LogP) is 5.89. The number of nitrogens with zero attached hydrogens (tertiary/aromatic N) is 1. The van der Waals surface area contributed by atoms with E-state index in [1.165, 1.54) is 19.1 Å². The van der Waals surface area contributed by atoms with Gasteiger partial charge in [0.15, 0.2) is 0 Å². The molecule has 7 heteroatoms. The summed E-state index contributed by atoms with van der Waals surface area (Å²) in [7, 11) is 0. The molecule has 6 nitrogen and oxygen atoms in total. The van der Waals surface area contributed by atoms with Crippen molar-refractivity contribution in [2.45, 2.75) is 33.2 Å². The summed E-state index contributed by atoms with van der Waals surface area (Å²) in [5.74, 6) is 0.259. The number of benzene rings is 3. The number of hydrogen-bond donors (Lipinski definition) is 2. The van der Waals surface area contributed by atoms with Gasteiger partial charge in [-0.25, -0.2) is 4.39 Å². The third kappa shape index (κ3) is 6.64. The number of aryl methyl sites for hydroxylation is 1. The minimum Gasteiger partial charge on any atom is -0.494 e. The zero-order valence-electron chi connectivity index (χ0n) is 21.0. The number of carbonyl (C=O) groups is 2. The van der Waals surface area contributed by atoms with Crippen LogP contribution >= 0.6 is 0 Å². The fraction of sp³-hybridized carbons (Fsp3) is 0.200. The van der Waals surface area contributed by atoms with Crippen LogP contribution in [-0.4, -0.2) is 23.0 Å². The Hall–Kier alpha value is -4.39. The topological polar surface area (TPSA) is 72.4 Å². The van der Waals surface area contributed by atoms with Crippen molar-refractivity contribution in [1.82, 2.24) is 9.88 Å². The SMILES string of the molecule is CCOc1ccccc1CNC(=O)CCc1ccc(-c2ccc(F)cc2)n1-c1ccc(NC(C)=O)cc1. The van der Waals surface area contributed by atoms with Crippen LogP contribution in [0.2, 0.25) is 0 Å². The highest BCUT2D eigenvalue weighted by atomic mass is 19.1. The van der Waals surface area contributed by atoms with Gasteiger partial charge in [-0.3, -0.25) is 9.59 Å². The van der Waals surface area contributed by atoms with E-state index >= 15 is 0 Å². The van der Waals surface area contributed by atoms with Crippen molar-refractivity contribution in [2.24, 2.45) is 0 Å². The van der Waals surface area contributed by atoms with Crippen LogP contribution in [0.1, 0.15) is 31.5 Å². The van der Waals surface area contributed by atoms with Crippen LogP contribution in [0.15, 0.2) is 84.9 Å². The molecule has 2 amide bonds.